The van der Waals surface area contributed by atoms with Crippen LogP contribution in [0.2, 0.25) is 0 Å². The molecule has 2 N–H and O–H groups in total. The van der Waals surface area contributed by atoms with Crippen molar-refractivity contribution < 1.29 is 14.3 Å². The molecule has 2 atom stereocenters. The first kappa shape index (κ1) is 17.3. The Morgan fingerprint density at radius 3 is 2.74 bits per heavy atom. The molecule has 1 aromatic rings. The maximum Gasteiger partial charge on any atom is 0.227 e. The van der Waals surface area contributed by atoms with Crippen LogP contribution in [0.5, 0.6) is 5.75 Å². The Morgan fingerprint density at radius 2 is 2.09 bits per heavy atom. The van der Waals surface area contributed by atoms with Crippen LogP contribution in [0, 0.1) is 5.92 Å². The monoisotopic (exact) mass is 318 g/mol. The number of rotatable bonds is 5. The molecule has 0 saturated carbocycles. The number of hydrogen-bond donors (Lipinski definition) is 1. The highest BCUT2D eigenvalue weighted by atomic mass is 16.5. The van der Waals surface area contributed by atoms with Gasteiger partial charge in [0.1, 0.15) is 5.75 Å². The highest BCUT2D eigenvalue weighted by molar-refractivity contribution is 5.81. The van der Waals surface area contributed by atoms with Gasteiger partial charge in [-0.3, -0.25) is 9.59 Å². The Hall–Kier alpha value is -2.04. The van der Waals surface area contributed by atoms with Crippen LogP contribution >= 0.6 is 0 Å². The second-order valence-electron chi connectivity index (χ2n) is 6.56. The van der Waals surface area contributed by atoms with Gasteiger partial charge in [0.2, 0.25) is 11.8 Å². The minimum Gasteiger partial charge on any atom is -0.491 e. The number of nitrogens with zero attached hydrogens (tertiary/aromatic N) is 1. The summed E-state index contributed by atoms with van der Waals surface area (Å²) in [6, 6.07) is 7.75. The van der Waals surface area contributed by atoms with Crippen LogP contribution in [0.4, 0.5) is 0 Å². The molecule has 1 aromatic carbocycles. The summed E-state index contributed by atoms with van der Waals surface area (Å²) in [5.41, 5.74) is 6.32. The Labute approximate surface area is 137 Å². The fourth-order valence-corrected chi connectivity index (χ4v) is 2.96. The number of benzene rings is 1. The molecule has 0 spiro atoms. The van der Waals surface area contributed by atoms with Gasteiger partial charge in [0.25, 0.3) is 0 Å². The van der Waals surface area contributed by atoms with E-state index in [2.05, 4.69) is 0 Å². The van der Waals surface area contributed by atoms with Gasteiger partial charge in [-0.1, -0.05) is 12.1 Å². The van der Waals surface area contributed by atoms with Crippen LogP contribution in [-0.2, 0) is 16.0 Å². The van der Waals surface area contributed by atoms with Gasteiger partial charge >= 0.3 is 0 Å². The maximum absolute atomic E-state index is 12.6. The summed E-state index contributed by atoms with van der Waals surface area (Å²) < 4.78 is 5.67. The first-order valence-electron chi connectivity index (χ1n) is 8.21. The first-order valence-corrected chi connectivity index (χ1v) is 8.21. The summed E-state index contributed by atoms with van der Waals surface area (Å²) in [4.78, 5) is 25.8. The van der Waals surface area contributed by atoms with Crippen LogP contribution in [0.25, 0.3) is 0 Å². The van der Waals surface area contributed by atoms with E-state index in [1.54, 1.807) is 4.90 Å². The molecule has 2 amide bonds. The molecule has 1 heterocycles. The van der Waals surface area contributed by atoms with Gasteiger partial charge in [0, 0.05) is 12.6 Å². The SMILES string of the molecule is CC(C)Oc1cccc(CC(=O)N2C[C@H](C(N)=O)CC[C@@H]2C)c1. The number of carbonyl (C=O) groups is 2. The third-order valence-corrected chi connectivity index (χ3v) is 4.23. The van der Waals surface area contributed by atoms with E-state index in [9.17, 15) is 9.59 Å². The van der Waals surface area contributed by atoms with Crippen molar-refractivity contribution in [2.45, 2.75) is 52.2 Å². The molecule has 1 saturated heterocycles. The summed E-state index contributed by atoms with van der Waals surface area (Å²) in [5, 5.41) is 0. The van der Waals surface area contributed by atoms with E-state index in [1.807, 2.05) is 45.0 Å². The largest absolute Gasteiger partial charge is 0.491 e. The van der Waals surface area contributed by atoms with Gasteiger partial charge < -0.3 is 15.4 Å². The van der Waals surface area contributed by atoms with Crippen molar-refractivity contribution in [2.24, 2.45) is 11.7 Å². The smallest absolute Gasteiger partial charge is 0.227 e. The molecular weight excluding hydrogens is 292 g/mol. The van der Waals surface area contributed by atoms with Gasteiger partial charge in [-0.25, -0.2) is 0 Å². The number of likely N-dealkylation sites (tertiary alicyclic amines) is 1. The number of hydrogen-bond acceptors (Lipinski definition) is 3. The van der Waals surface area contributed by atoms with Crippen molar-refractivity contribution in [1.82, 2.24) is 4.90 Å². The molecule has 1 fully saturated rings. The number of carbonyl (C=O) groups excluding carboxylic acids is 2. The van der Waals surface area contributed by atoms with Crippen molar-refractivity contribution in [3.63, 3.8) is 0 Å². The van der Waals surface area contributed by atoms with E-state index in [0.29, 0.717) is 13.0 Å². The fraction of sp³-hybridized carbons (Fsp3) is 0.556. The van der Waals surface area contributed by atoms with Crippen molar-refractivity contribution >= 4 is 11.8 Å². The van der Waals surface area contributed by atoms with Crippen LogP contribution < -0.4 is 10.5 Å². The highest BCUT2D eigenvalue weighted by Crippen LogP contribution is 2.23. The third-order valence-electron chi connectivity index (χ3n) is 4.23. The van der Waals surface area contributed by atoms with E-state index < -0.39 is 0 Å². The highest BCUT2D eigenvalue weighted by Gasteiger charge is 2.31. The number of ether oxygens (including phenoxy) is 1. The van der Waals surface area contributed by atoms with E-state index in [4.69, 9.17) is 10.5 Å². The summed E-state index contributed by atoms with van der Waals surface area (Å²) in [5.74, 6) is 0.255. The van der Waals surface area contributed by atoms with Gasteiger partial charge in [-0.2, -0.15) is 0 Å². The average molecular weight is 318 g/mol. The molecule has 0 aliphatic carbocycles. The first-order chi connectivity index (χ1) is 10.9. The number of piperidine rings is 1. The number of amides is 2. The lowest BCUT2D eigenvalue weighted by molar-refractivity contribution is -0.136. The van der Waals surface area contributed by atoms with Gasteiger partial charge in [-0.05, 0) is 51.3 Å². The minimum atomic E-state index is -0.318. The van der Waals surface area contributed by atoms with Gasteiger partial charge in [0.05, 0.1) is 18.4 Å². The van der Waals surface area contributed by atoms with E-state index in [0.717, 1.165) is 24.2 Å². The van der Waals surface area contributed by atoms with Crippen LogP contribution in [0.15, 0.2) is 24.3 Å². The molecule has 0 unspecified atom stereocenters. The molecule has 126 valence electrons. The standard InChI is InChI=1S/C18H26N2O3/c1-12(2)23-16-6-4-5-14(9-16)10-17(21)20-11-15(18(19)22)8-7-13(20)3/h4-6,9,12-13,15H,7-8,10-11H2,1-3H3,(H2,19,22)/t13-,15+/m0/s1. The molecule has 1 aliphatic heterocycles. The predicted octanol–water partition coefficient (Wildman–Crippen LogP) is 2.13. The van der Waals surface area contributed by atoms with Crippen molar-refractivity contribution in [1.29, 1.82) is 0 Å². The molecule has 0 bridgehead atoms. The second-order valence-corrected chi connectivity index (χ2v) is 6.56. The van der Waals surface area contributed by atoms with Gasteiger partial charge in [0.15, 0.2) is 0 Å². The number of nitrogens with two attached hydrogens (primary N) is 1. The quantitative estimate of drug-likeness (QED) is 0.904. The minimum absolute atomic E-state index is 0.0325. The summed E-state index contributed by atoms with van der Waals surface area (Å²) in [6.07, 6.45) is 1.98. The Balaban J connectivity index is 2.04. The van der Waals surface area contributed by atoms with Crippen molar-refractivity contribution in [3.8, 4) is 5.75 Å². The Morgan fingerprint density at radius 1 is 1.35 bits per heavy atom. The van der Waals surface area contributed by atoms with E-state index in [-0.39, 0.29) is 29.9 Å². The average Bonchev–Trinajstić information content (AvgIpc) is 2.46. The fourth-order valence-electron chi connectivity index (χ4n) is 2.96. The lowest BCUT2D eigenvalue weighted by Crippen LogP contribution is -2.49. The van der Waals surface area contributed by atoms with Crippen molar-refractivity contribution in [2.75, 3.05) is 6.54 Å². The normalized spacial score (nSPS) is 21.3. The predicted molar refractivity (Wildman–Crippen MR) is 89.0 cm³/mol. The maximum atomic E-state index is 12.6. The zero-order valence-electron chi connectivity index (χ0n) is 14.1. The van der Waals surface area contributed by atoms with Crippen LogP contribution in [0.1, 0.15) is 39.2 Å². The Kier molecular flexibility index (Phi) is 5.64. The summed E-state index contributed by atoms with van der Waals surface area (Å²) in [6.45, 7) is 6.39. The molecule has 2 rings (SSSR count). The summed E-state index contributed by atoms with van der Waals surface area (Å²) in [7, 11) is 0. The van der Waals surface area contributed by atoms with Crippen molar-refractivity contribution in [3.05, 3.63) is 29.8 Å². The summed E-state index contributed by atoms with van der Waals surface area (Å²) >= 11 is 0. The lowest BCUT2D eigenvalue weighted by Gasteiger charge is -2.37. The van der Waals surface area contributed by atoms with Crippen LogP contribution in [-0.4, -0.2) is 35.4 Å². The second kappa shape index (κ2) is 7.49. The molecule has 0 aromatic heterocycles. The molecule has 5 nitrogen and oxygen atoms in total. The van der Waals surface area contributed by atoms with Gasteiger partial charge in [-0.15, -0.1) is 0 Å². The molecule has 1 aliphatic rings. The Bertz CT molecular complexity index is 571. The third kappa shape index (κ3) is 4.71. The molecule has 0 radical (unpaired) electrons. The molecule has 23 heavy (non-hydrogen) atoms. The van der Waals surface area contributed by atoms with Crippen LogP contribution in [0.3, 0.4) is 0 Å². The molecule has 5 heteroatoms. The molecular formula is C18H26N2O3. The zero-order chi connectivity index (χ0) is 17.0. The number of primary amides is 1. The zero-order valence-corrected chi connectivity index (χ0v) is 14.1. The topological polar surface area (TPSA) is 72.6 Å². The van der Waals surface area contributed by atoms with E-state index in [1.165, 1.54) is 0 Å². The lowest BCUT2D eigenvalue weighted by atomic mass is 9.92. The van der Waals surface area contributed by atoms with E-state index >= 15 is 0 Å².